The highest BCUT2D eigenvalue weighted by atomic mass is 16.2. The first kappa shape index (κ1) is 18.0. The smallest absolute Gasteiger partial charge is 0.272 e. The van der Waals surface area contributed by atoms with Gasteiger partial charge in [0, 0.05) is 49.4 Å². The zero-order valence-corrected chi connectivity index (χ0v) is 16.0. The van der Waals surface area contributed by atoms with E-state index in [9.17, 15) is 4.79 Å². The molecule has 142 valence electrons. The van der Waals surface area contributed by atoms with E-state index in [2.05, 4.69) is 46.4 Å². The Balaban J connectivity index is 1.41. The monoisotopic (exact) mass is 372 g/mol. The lowest BCUT2D eigenvalue weighted by Crippen LogP contribution is -2.49. The normalized spacial score (nSPS) is 14.0. The van der Waals surface area contributed by atoms with E-state index in [4.69, 9.17) is 0 Å². The molecule has 2 heterocycles. The van der Waals surface area contributed by atoms with Crippen LogP contribution in [0, 0.1) is 6.92 Å². The molecular weight excluding hydrogens is 348 g/mol. The number of amides is 1. The summed E-state index contributed by atoms with van der Waals surface area (Å²) < 4.78 is 0. The van der Waals surface area contributed by atoms with Crippen LogP contribution in [0.2, 0.25) is 0 Å². The number of para-hydroxylation sites is 1. The Morgan fingerprint density at radius 1 is 0.893 bits per heavy atom. The van der Waals surface area contributed by atoms with Crippen LogP contribution >= 0.6 is 0 Å². The van der Waals surface area contributed by atoms with Crippen molar-refractivity contribution in [2.24, 2.45) is 0 Å². The average Bonchev–Trinajstić information content (AvgIpc) is 2.74. The molecule has 5 heteroatoms. The molecule has 3 aromatic rings. The van der Waals surface area contributed by atoms with Gasteiger partial charge >= 0.3 is 0 Å². The molecule has 28 heavy (non-hydrogen) atoms. The molecule has 4 rings (SSSR count). The summed E-state index contributed by atoms with van der Waals surface area (Å²) in [5.74, 6) is -0.0133. The van der Waals surface area contributed by atoms with Crippen molar-refractivity contribution in [1.82, 2.24) is 9.88 Å². The van der Waals surface area contributed by atoms with Gasteiger partial charge in [0.25, 0.3) is 5.91 Å². The number of nitrogens with one attached hydrogen (secondary N) is 1. The van der Waals surface area contributed by atoms with Crippen LogP contribution in [0.5, 0.6) is 0 Å². The summed E-state index contributed by atoms with van der Waals surface area (Å²) in [4.78, 5) is 21.4. The van der Waals surface area contributed by atoms with Gasteiger partial charge in [-0.25, -0.2) is 0 Å². The number of aromatic nitrogens is 1. The van der Waals surface area contributed by atoms with Crippen LogP contribution in [0.15, 0.2) is 72.9 Å². The second-order valence-corrected chi connectivity index (χ2v) is 7.04. The third kappa shape index (κ3) is 4.14. The van der Waals surface area contributed by atoms with E-state index < -0.39 is 0 Å². The number of anilines is 3. The zero-order valence-electron chi connectivity index (χ0n) is 16.0. The van der Waals surface area contributed by atoms with Crippen LogP contribution in [0.25, 0.3) is 0 Å². The summed E-state index contributed by atoms with van der Waals surface area (Å²) >= 11 is 0. The number of nitrogens with zero attached hydrogens (tertiary/aromatic N) is 3. The molecule has 1 aromatic heterocycles. The number of benzene rings is 2. The number of pyridine rings is 1. The lowest BCUT2D eigenvalue weighted by Gasteiger charge is -2.36. The van der Waals surface area contributed by atoms with E-state index in [1.165, 1.54) is 11.3 Å². The van der Waals surface area contributed by atoms with Crippen LogP contribution in [0.1, 0.15) is 16.1 Å². The van der Waals surface area contributed by atoms with Crippen molar-refractivity contribution in [3.8, 4) is 0 Å². The Hall–Kier alpha value is -3.34. The summed E-state index contributed by atoms with van der Waals surface area (Å²) in [6, 6.07) is 22.1. The highest BCUT2D eigenvalue weighted by Crippen LogP contribution is 2.20. The predicted octanol–water partition coefficient (Wildman–Crippen LogP) is 4.10. The second kappa shape index (κ2) is 8.13. The molecule has 1 fully saturated rings. The molecule has 0 radical (unpaired) electrons. The number of hydrogen-bond donors (Lipinski definition) is 1. The van der Waals surface area contributed by atoms with Crippen molar-refractivity contribution in [3.63, 3.8) is 0 Å². The highest BCUT2D eigenvalue weighted by Gasteiger charge is 2.23. The molecule has 0 bridgehead atoms. The average molecular weight is 372 g/mol. The highest BCUT2D eigenvalue weighted by molar-refractivity contribution is 5.93. The van der Waals surface area contributed by atoms with Gasteiger partial charge in [0.15, 0.2) is 0 Å². The fourth-order valence-electron chi connectivity index (χ4n) is 3.47. The lowest BCUT2D eigenvalue weighted by molar-refractivity contribution is 0.0741. The molecule has 0 saturated carbocycles. The molecule has 5 nitrogen and oxygen atoms in total. The number of carbonyl (C=O) groups excluding carboxylic acids is 1. The summed E-state index contributed by atoms with van der Waals surface area (Å²) in [5.41, 5.74) is 4.80. The van der Waals surface area contributed by atoms with Crippen LogP contribution in [0.4, 0.5) is 17.1 Å². The van der Waals surface area contributed by atoms with Gasteiger partial charge in [-0.3, -0.25) is 9.78 Å². The fraction of sp³-hybridized carbons (Fsp3) is 0.217. The minimum atomic E-state index is -0.0133. The predicted molar refractivity (Wildman–Crippen MR) is 113 cm³/mol. The van der Waals surface area contributed by atoms with Crippen molar-refractivity contribution in [1.29, 1.82) is 0 Å². The van der Waals surface area contributed by atoms with Crippen LogP contribution in [-0.4, -0.2) is 42.0 Å². The first-order valence-corrected chi connectivity index (χ1v) is 9.58. The van der Waals surface area contributed by atoms with Crippen molar-refractivity contribution in [2.45, 2.75) is 6.92 Å². The summed E-state index contributed by atoms with van der Waals surface area (Å²) in [7, 11) is 0. The minimum Gasteiger partial charge on any atom is -0.368 e. The zero-order chi connectivity index (χ0) is 19.3. The quantitative estimate of drug-likeness (QED) is 0.749. The van der Waals surface area contributed by atoms with Crippen molar-refractivity contribution >= 4 is 23.0 Å². The Morgan fingerprint density at radius 2 is 1.68 bits per heavy atom. The Labute approximate surface area is 165 Å². The van der Waals surface area contributed by atoms with Gasteiger partial charge in [0.2, 0.25) is 0 Å². The van der Waals surface area contributed by atoms with Crippen LogP contribution in [0.3, 0.4) is 0 Å². The lowest BCUT2D eigenvalue weighted by atomic mass is 10.2. The topological polar surface area (TPSA) is 48.5 Å². The van der Waals surface area contributed by atoms with Gasteiger partial charge in [-0.2, -0.15) is 0 Å². The van der Waals surface area contributed by atoms with E-state index in [-0.39, 0.29) is 5.91 Å². The molecular formula is C23H24N4O. The molecule has 0 spiro atoms. The van der Waals surface area contributed by atoms with Gasteiger partial charge < -0.3 is 15.1 Å². The van der Waals surface area contributed by atoms with Crippen molar-refractivity contribution in [2.75, 3.05) is 36.4 Å². The molecule has 0 unspecified atom stereocenters. The van der Waals surface area contributed by atoms with Gasteiger partial charge in [-0.15, -0.1) is 0 Å². The van der Waals surface area contributed by atoms with E-state index in [0.717, 1.165) is 24.5 Å². The van der Waals surface area contributed by atoms with E-state index in [1.54, 1.807) is 6.20 Å². The van der Waals surface area contributed by atoms with Crippen LogP contribution < -0.4 is 10.2 Å². The van der Waals surface area contributed by atoms with E-state index in [1.807, 2.05) is 47.4 Å². The maximum absolute atomic E-state index is 12.9. The summed E-state index contributed by atoms with van der Waals surface area (Å²) in [6.45, 7) is 5.16. The van der Waals surface area contributed by atoms with Crippen LogP contribution in [-0.2, 0) is 0 Å². The summed E-state index contributed by atoms with van der Waals surface area (Å²) in [6.07, 6.45) is 1.68. The van der Waals surface area contributed by atoms with E-state index in [0.29, 0.717) is 18.8 Å². The maximum Gasteiger partial charge on any atom is 0.272 e. The number of piperazine rings is 1. The Morgan fingerprint density at radius 3 is 2.43 bits per heavy atom. The second-order valence-electron chi connectivity index (χ2n) is 7.04. The first-order chi connectivity index (χ1) is 13.7. The van der Waals surface area contributed by atoms with Gasteiger partial charge in [-0.1, -0.05) is 30.3 Å². The summed E-state index contributed by atoms with van der Waals surface area (Å²) in [5, 5.41) is 3.32. The van der Waals surface area contributed by atoms with Gasteiger partial charge in [-0.05, 0) is 48.9 Å². The SMILES string of the molecule is Cc1cccc(N2CCN(C(=O)c3cc(Nc4ccccc4)ccn3)CC2)c1. The molecule has 1 saturated heterocycles. The molecule has 1 aliphatic heterocycles. The number of hydrogen-bond acceptors (Lipinski definition) is 4. The standard InChI is InChI=1S/C23H24N4O/c1-18-6-5-9-21(16-18)26-12-14-27(15-13-26)23(28)22-17-20(10-11-24-22)25-19-7-3-2-4-8-19/h2-11,16-17H,12-15H2,1H3,(H,24,25). The molecule has 0 atom stereocenters. The van der Waals surface area contributed by atoms with E-state index >= 15 is 0 Å². The van der Waals surface area contributed by atoms with Crippen molar-refractivity contribution in [3.05, 3.63) is 84.2 Å². The van der Waals surface area contributed by atoms with Gasteiger partial charge in [0.1, 0.15) is 5.69 Å². The minimum absolute atomic E-state index is 0.0133. The largest absolute Gasteiger partial charge is 0.368 e. The third-order valence-corrected chi connectivity index (χ3v) is 4.98. The molecule has 2 aromatic carbocycles. The van der Waals surface area contributed by atoms with Gasteiger partial charge in [0.05, 0.1) is 0 Å². The molecule has 1 aliphatic rings. The number of rotatable bonds is 4. The van der Waals surface area contributed by atoms with Crippen molar-refractivity contribution < 1.29 is 4.79 Å². The number of carbonyl (C=O) groups is 1. The molecule has 1 amide bonds. The molecule has 0 aliphatic carbocycles. The Bertz CT molecular complexity index is 950. The first-order valence-electron chi connectivity index (χ1n) is 9.58. The third-order valence-electron chi connectivity index (χ3n) is 4.98. The Kier molecular flexibility index (Phi) is 5.24. The maximum atomic E-state index is 12.9. The molecule has 1 N–H and O–H groups in total. The fourth-order valence-corrected chi connectivity index (χ4v) is 3.47. The number of aryl methyl sites for hydroxylation is 1.